The highest BCUT2D eigenvalue weighted by molar-refractivity contribution is 5.88. The van der Waals surface area contributed by atoms with E-state index in [1.807, 2.05) is 13.8 Å². The van der Waals surface area contributed by atoms with Crippen LogP contribution in [0.4, 0.5) is 5.69 Å². The second kappa shape index (κ2) is 6.86. The summed E-state index contributed by atoms with van der Waals surface area (Å²) in [6.07, 6.45) is 4.04. The zero-order chi connectivity index (χ0) is 17.9. The van der Waals surface area contributed by atoms with Gasteiger partial charge in [0.15, 0.2) is 5.82 Å². The topological polar surface area (TPSA) is 126 Å². The SMILES string of the molecule is CC(C)c1nc(C=Cc2cc(O)ccc2[N+](=O)[O-])ncc1C(=O)O. The van der Waals surface area contributed by atoms with Gasteiger partial charge in [-0.25, -0.2) is 14.8 Å². The molecule has 8 nitrogen and oxygen atoms in total. The summed E-state index contributed by atoms with van der Waals surface area (Å²) < 4.78 is 0. The largest absolute Gasteiger partial charge is 0.508 e. The summed E-state index contributed by atoms with van der Waals surface area (Å²) in [6.45, 7) is 3.62. The van der Waals surface area contributed by atoms with Crippen molar-refractivity contribution in [3.05, 3.63) is 57.2 Å². The van der Waals surface area contributed by atoms with Crippen LogP contribution in [0.3, 0.4) is 0 Å². The monoisotopic (exact) mass is 329 g/mol. The molecule has 0 atom stereocenters. The molecule has 2 rings (SSSR count). The molecular formula is C16H15N3O5. The summed E-state index contributed by atoms with van der Waals surface area (Å²) in [5.41, 5.74) is 0.417. The number of phenolic OH excluding ortho intramolecular Hbond substituents is 1. The summed E-state index contributed by atoms with van der Waals surface area (Å²) in [5, 5.41) is 29.6. The number of aromatic hydroxyl groups is 1. The van der Waals surface area contributed by atoms with Gasteiger partial charge in [-0.3, -0.25) is 10.1 Å². The van der Waals surface area contributed by atoms with Gasteiger partial charge in [-0.15, -0.1) is 0 Å². The Kier molecular flexibility index (Phi) is 4.88. The van der Waals surface area contributed by atoms with Gasteiger partial charge in [0.05, 0.1) is 21.7 Å². The normalized spacial score (nSPS) is 11.1. The number of carboxylic acids is 1. The highest BCUT2D eigenvalue weighted by Crippen LogP contribution is 2.25. The number of nitrogens with zero attached hydrogens (tertiary/aromatic N) is 3. The lowest BCUT2D eigenvalue weighted by atomic mass is 10.1. The molecule has 0 amide bonds. The summed E-state index contributed by atoms with van der Waals surface area (Å²) in [6, 6.07) is 3.68. The first-order valence-electron chi connectivity index (χ1n) is 7.05. The van der Waals surface area contributed by atoms with Crippen LogP contribution in [-0.2, 0) is 0 Å². The van der Waals surface area contributed by atoms with Gasteiger partial charge in [0, 0.05) is 12.3 Å². The van der Waals surface area contributed by atoms with Gasteiger partial charge >= 0.3 is 5.97 Å². The molecule has 124 valence electrons. The van der Waals surface area contributed by atoms with Crippen LogP contribution < -0.4 is 0 Å². The lowest BCUT2D eigenvalue weighted by Crippen LogP contribution is -2.08. The van der Waals surface area contributed by atoms with Crippen molar-refractivity contribution in [1.29, 1.82) is 0 Å². The van der Waals surface area contributed by atoms with E-state index in [2.05, 4.69) is 9.97 Å². The number of carboxylic acid groups (broad SMARTS) is 1. The zero-order valence-electron chi connectivity index (χ0n) is 13.0. The first kappa shape index (κ1) is 17.1. The molecule has 0 unspecified atom stereocenters. The molecule has 0 saturated heterocycles. The van der Waals surface area contributed by atoms with Crippen molar-refractivity contribution < 1.29 is 19.9 Å². The number of hydrogen-bond donors (Lipinski definition) is 2. The molecule has 1 aromatic heterocycles. The van der Waals surface area contributed by atoms with Crippen LogP contribution in [-0.4, -0.2) is 31.1 Å². The molecule has 0 bridgehead atoms. The first-order valence-corrected chi connectivity index (χ1v) is 7.05. The minimum absolute atomic E-state index is 0.0190. The molecule has 0 aliphatic rings. The maximum atomic E-state index is 11.2. The number of nitro groups is 1. The van der Waals surface area contributed by atoms with Crippen LogP contribution >= 0.6 is 0 Å². The second-order valence-electron chi connectivity index (χ2n) is 5.32. The molecule has 0 radical (unpaired) electrons. The lowest BCUT2D eigenvalue weighted by Gasteiger charge is -2.08. The predicted octanol–water partition coefficient (Wildman–Crippen LogP) is 3.08. The van der Waals surface area contributed by atoms with Crippen LogP contribution in [0.15, 0.2) is 24.4 Å². The van der Waals surface area contributed by atoms with Crippen molar-refractivity contribution in [3.8, 4) is 5.75 Å². The number of aromatic nitrogens is 2. The molecule has 0 aliphatic carbocycles. The van der Waals surface area contributed by atoms with E-state index in [1.165, 1.54) is 36.5 Å². The average Bonchev–Trinajstić information content (AvgIpc) is 2.52. The Morgan fingerprint density at radius 2 is 2.04 bits per heavy atom. The Morgan fingerprint density at radius 3 is 2.62 bits per heavy atom. The molecule has 8 heteroatoms. The molecule has 2 N–H and O–H groups in total. The maximum absolute atomic E-state index is 11.2. The van der Waals surface area contributed by atoms with Crippen LogP contribution in [0.25, 0.3) is 12.2 Å². The number of carbonyl (C=O) groups is 1. The van der Waals surface area contributed by atoms with E-state index in [4.69, 9.17) is 5.11 Å². The molecular weight excluding hydrogens is 314 g/mol. The van der Waals surface area contributed by atoms with Crippen molar-refractivity contribution in [1.82, 2.24) is 9.97 Å². The van der Waals surface area contributed by atoms with Crippen LogP contribution in [0.1, 0.15) is 47.2 Å². The first-order chi connectivity index (χ1) is 11.3. The Hall–Kier alpha value is -3.29. The average molecular weight is 329 g/mol. The van der Waals surface area contributed by atoms with E-state index in [0.29, 0.717) is 5.69 Å². The zero-order valence-corrected chi connectivity index (χ0v) is 13.0. The number of phenols is 1. The molecule has 0 fully saturated rings. The highest BCUT2D eigenvalue weighted by atomic mass is 16.6. The fraction of sp³-hybridized carbons (Fsp3) is 0.188. The Morgan fingerprint density at radius 1 is 1.33 bits per heavy atom. The van der Waals surface area contributed by atoms with Gasteiger partial charge in [0.2, 0.25) is 0 Å². The van der Waals surface area contributed by atoms with E-state index in [9.17, 15) is 20.0 Å². The Labute approximate surface area is 137 Å². The van der Waals surface area contributed by atoms with Crippen molar-refractivity contribution in [2.45, 2.75) is 19.8 Å². The summed E-state index contributed by atoms with van der Waals surface area (Å²) in [4.78, 5) is 29.7. The molecule has 0 aliphatic heterocycles. The molecule has 2 aromatic rings. The van der Waals surface area contributed by atoms with Gasteiger partial charge in [-0.05, 0) is 30.2 Å². The van der Waals surface area contributed by atoms with E-state index in [0.717, 1.165) is 0 Å². The van der Waals surface area contributed by atoms with Crippen molar-refractivity contribution >= 4 is 23.8 Å². The van der Waals surface area contributed by atoms with E-state index in [-0.39, 0.29) is 34.3 Å². The highest BCUT2D eigenvalue weighted by Gasteiger charge is 2.16. The van der Waals surface area contributed by atoms with Crippen molar-refractivity contribution in [3.63, 3.8) is 0 Å². The minimum Gasteiger partial charge on any atom is -0.508 e. The Balaban J connectivity index is 2.43. The number of benzene rings is 1. The minimum atomic E-state index is -1.11. The third-order valence-corrected chi connectivity index (χ3v) is 3.23. The second-order valence-corrected chi connectivity index (χ2v) is 5.32. The van der Waals surface area contributed by atoms with E-state index in [1.54, 1.807) is 0 Å². The van der Waals surface area contributed by atoms with Gasteiger partial charge in [-0.2, -0.15) is 0 Å². The number of hydrogen-bond acceptors (Lipinski definition) is 6. The molecule has 0 spiro atoms. The van der Waals surface area contributed by atoms with Gasteiger partial charge in [0.1, 0.15) is 5.75 Å². The quantitative estimate of drug-likeness (QED) is 0.637. The summed E-state index contributed by atoms with van der Waals surface area (Å²) in [5.74, 6) is -1.12. The fourth-order valence-corrected chi connectivity index (χ4v) is 2.10. The number of aromatic carboxylic acids is 1. The van der Waals surface area contributed by atoms with Crippen LogP contribution in [0, 0.1) is 10.1 Å². The smallest absolute Gasteiger partial charge is 0.339 e. The Bertz CT molecular complexity index is 830. The van der Waals surface area contributed by atoms with Crippen molar-refractivity contribution in [2.75, 3.05) is 0 Å². The maximum Gasteiger partial charge on any atom is 0.339 e. The van der Waals surface area contributed by atoms with Crippen LogP contribution in [0.5, 0.6) is 5.75 Å². The molecule has 1 heterocycles. The molecule has 1 aromatic carbocycles. The summed E-state index contributed by atoms with van der Waals surface area (Å²) in [7, 11) is 0. The van der Waals surface area contributed by atoms with E-state index >= 15 is 0 Å². The fourth-order valence-electron chi connectivity index (χ4n) is 2.10. The van der Waals surface area contributed by atoms with Gasteiger partial charge in [-0.1, -0.05) is 13.8 Å². The van der Waals surface area contributed by atoms with Gasteiger partial charge in [0.25, 0.3) is 5.69 Å². The van der Waals surface area contributed by atoms with Crippen molar-refractivity contribution in [2.24, 2.45) is 0 Å². The molecule has 0 saturated carbocycles. The third-order valence-electron chi connectivity index (χ3n) is 3.23. The molecule has 24 heavy (non-hydrogen) atoms. The number of nitro benzene ring substituents is 1. The number of rotatable bonds is 5. The van der Waals surface area contributed by atoms with Gasteiger partial charge < -0.3 is 10.2 Å². The third kappa shape index (κ3) is 3.72. The standard InChI is InChI=1S/C16H15N3O5/c1-9(2)15-12(16(21)22)8-17-14(18-15)6-3-10-7-11(20)4-5-13(10)19(23)24/h3-9,20H,1-2H3,(H,21,22). The van der Waals surface area contributed by atoms with Crippen LogP contribution in [0.2, 0.25) is 0 Å². The van der Waals surface area contributed by atoms with E-state index < -0.39 is 10.9 Å². The lowest BCUT2D eigenvalue weighted by molar-refractivity contribution is -0.385. The predicted molar refractivity (Wildman–Crippen MR) is 86.8 cm³/mol. The summed E-state index contributed by atoms with van der Waals surface area (Å²) >= 11 is 0.